The summed E-state index contributed by atoms with van der Waals surface area (Å²) in [5, 5.41) is 8.52. The van der Waals surface area contributed by atoms with Gasteiger partial charge in [0.05, 0.1) is 0 Å². The fraction of sp³-hybridized carbons (Fsp3) is 0.818. The van der Waals surface area contributed by atoms with Crippen LogP contribution in [0.3, 0.4) is 0 Å². The van der Waals surface area contributed by atoms with Crippen molar-refractivity contribution in [1.29, 1.82) is 0 Å². The van der Waals surface area contributed by atoms with Crippen LogP contribution in [0.5, 0.6) is 0 Å². The highest BCUT2D eigenvalue weighted by molar-refractivity contribution is 5.77. The van der Waals surface area contributed by atoms with Crippen LogP contribution in [0.25, 0.3) is 0 Å². The number of hydrogen-bond acceptors (Lipinski definition) is 2. The Morgan fingerprint density at radius 1 is 1.53 bits per heavy atom. The van der Waals surface area contributed by atoms with Gasteiger partial charge in [0.15, 0.2) is 0 Å². The monoisotopic (exact) mass is 213 g/mol. The summed E-state index contributed by atoms with van der Waals surface area (Å²) >= 11 is 0. The van der Waals surface area contributed by atoms with Crippen LogP contribution in [0.4, 0.5) is 0 Å². The quantitative estimate of drug-likeness (QED) is 0.727. The van der Waals surface area contributed by atoms with Gasteiger partial charge in [-0.25, -0.2) is 0 Å². The van der Waals surface area contributed by atoms with Crippen molar-refractivity contribution < 1.29 is 14.7 Å². The van der Waals surface area contributed by atoms with E-state index in [0.29, 0.717) is 18.8 Å². The summed E-state index contributed by atoms with van der Waals surface area (Å²) in [6, 6.07) is 0. The van der Waals surface area contributed by atoms with E-state index in [0.717, 1.165) is 25.9 Å². The number of likely N-dealkylation sites (tertiary alicyclic amines) is 1. The van der Waals surface area contributed by atoms with E-state index < -0.39 is 5.97 Å². The van der Waals surface area contributed by atoms with Crippen molar-refractivity contribution in [3.05, 3.63) is 0 Å². The molecule has 1 atom stereocenters. The van der Waals surface area contributed by atoms with Crippen LogP contribution >= 0.6 is 0 Å². The molecule has 0 aromatic carbocycles. The van der Waals surface area contributed by atoms with Crippen LogP contribution in [-0.2, 0) is 9.59 Å². The Hall–Kier alpha value is -1.06. The highest BCUT2D eigenvalue weighted by atomic mass is 16.4. The van der Waals surface area contributed by atoms with Crippen molar-refractivity contribution in [3.8, 4) is 0 Å². The first-order valence-electron chi connectivity index (χ1n) is 5.59. The van der Waals surface area contributed by atoms with Crippen molar-refractivity contribution in [3.63, 3.8) is 0 Å². The minimum Gasteiger partial charge on any atom is -0.481 e. The van der Waals surface area contributed by atoms with E-state index in [2.05, 4.69) is 0 Å². The molecule has 15 heavy (non-hydrogen) atoms. The molecule has 4 nitrogen and oxygen atoms in total. The predicted octanol–water partition coefficient (Wildman–Crippen LogP) is 1.50. The Labute approximate surface area is 90.3 Å². The van der Waals surface area contributed by atoms with E-state index >= 15 is 0 Å². The molecule has 1 rings (SSSR count). The third-order valence-corrected chi connectivity index (χ3v) is 2.91. The second-order valence-electron chi connectivity index (χ2n) is 4.31. The SMILES string of the molecule is CC(CCC(=O)O)CCN1CCCC1=O. The lowest BCUT2D eigenvalue weighted by Gasteiger charge is -2.18. The van der Waals surface area contributed by atoms with Gasteiger partial charge in [-0.1, -0.05) is 6.92 Å². The maximum absolute atomic E-state index is 11.3. The van der Waals surface area contributed by atoms with Crippen LogP contribution in [0, 0.1) is 5.92 Å². The smallest absolute Gasteiger partial charge is 0.303 e. The van der Waals surface area contributed by atoms with Gasteiger partial charge in [0.1, 0.15) is 0 Å². The lowest BCUT2D eigenvalue weighted by molar-refractivity contribution is -0.137. The predicted molar refractivity (Wildman–Crippen MR) is 56.5 cm³/mol. The number of carbonyl (C=O) groups excluding carboxylic acids is 1. The molecule has 0 aromatic rings. The summed E-state index contributed by atoms with van der Waals surface area (Å²) < 4.78 is 0. The molecule has 0 aromatic heterocycles. The number of carboxylic acids is 1. The molecule has 1 N–H and O–H groups in total. The molecule has 1 amide bonds. The fourth-order valence-corrected chi connectivity index (χ4v) is 1.83. The zero-order valence-corrected chi connectivity index (χ0v) is 9.24. The molecule has 1 aliphatic heterocycles. The van der Waals surface area contributed by atoms with Crippen molar-refractivity contribution in [2.75, 3.05) is 13.1 Å². The van der Waals surface area contributed by atoms with Crippen LogP contribution in [0.1, 0.15) is 39.0 Å². The van der Waals surface area contributed by atoms with Crippen molar-refractivity contribution in [1.82, 2.24) is 4.90 Å². The maximum atomic E-state index is 11.3. The van der Waals surface area contributed by atoms with Crippen molar-refractivity contribution in [2.24, 2.45) is 5.92 Å². The third-order valence-electron chi connectivity index (χ3n) is 2.91. The summed E-state index contributed by atoms with van der Waals surface area (Å²) in [5.74, 6) is -0.103. The number of carbonyl (C=O) groups is 2. The molecule has 1 aliphatic rings. The first-order valence-corrected chi connectivity index (χ1v) is 5.59. The summed E-state index contributed by atoms with van der Waals surface area (Å²) in [4.78, 5) is 23.5. The zero-order valence-electron chi connectivity index (χ0n) is 9.24. The number of rotatable bonds is 6. The Balaban J connectivity index is 2.13. The molecule has 1 saturated heterocycles. The number of carboxylic acid groups (broad SMARTS) is 1. The average Bonchev–Trinajstić information content (AvgIpc) is 2.58. The number of aliphatic carboxylic acids is 1. The standard InChI is InChI=1S/C11H19NO3/c1-9(4-5-11(14)15)6-8-12-7-2-3-10(12)13/h9H,2-8H2,1H3,(H,14,15). The van der Waals surface area contributed by atoms with Crippen LogP contribution in [0.15, 0.2) is 0 Å². The van der Waals surface area contributed by atoms with Gasteiger partial charge >= 0.3 is 5.97 Å². The summed E-state index contributed by atoms with van der Waals surface area (Å²) in [7, 11) is 0. The Kier molecular flexibility index (Phi) is 4.59. The molecule has 1 fully saturated rings. The van der Waals surface area contributed by atoms with Crippen LogP contribution < -0.4 is 0 Å². The van der Waals surface area contributed by atoms with Gasteiger partial charge in [0, 0.05) is 25.9 Å². The summed E-state index contributed by atoms with van der Waals surface area (Å²) in [5.41, 5.74) is 0. The maximum Gasteiger partial charge on any atom is 0.303 e. The Morgan fingerprint density at radius 3 is 2.80 bits per heavy atom. The number of amides is 1. The highest BCUT2D eigenvalue weighted by Crippen LogP contribution is 2.15. The molecular weight excluding hydrogens is 194 g/mol. The van der Waals surface area contributed by atoms with Gasteiger partial charge in [-0.05, 0) is 25.2 Å². The normalized spacial score (nSPS) is 18.2. The van der Waals surface area contributed by atoms with E-state index in [1.54, 1.807) is 0 Å². The second kappa shape index (κ2) is 5.73. The van der Waals surface area contributed by atoms with E-state index in [9.17, 15) is 9.59 Å². The van der Waals surface area contributed by atoms with E-state index in [1.165, 1.54) is 0 Å². The van der Waals surface area contributed by atoms with E-state index in [1.807, 2.05) is 11.8 Å². The summed E-state index contributed by atoms with van der Waals surface area (Å²) in [6.07, 6.45) is 3.51. The number of nitrogens with zero attached hydrogens (tertiary/aromatic N) is 1. The Bertz CT molecular complexity index is 240. The van der Waals surface area contributed by atoms with Crippen LogP contribution in [0.2, 0.25) is 0 Å². The topological polar surface area (TPSA) is 57.6 Å². The Morgan fingerprint density at radius 2 is 2.27 bits per heavy atom. The minimum atomic E-state index is -0.737. The number of hydrogen-bond donors (Lipinski definition) is 1. The third kappa shape index (κ3) is 4.32. The first-order chi connectivity index (χ1) is 7.09. The van der Waals surface area contributed by atoms with Gasteiger partial charge in [-0.2, -0.15) is 0 Å². The molecule has 1 unspecified atom stereocenters. The molecular formula is C11H19NO3. The molecule has 4 heteroatoms. The molecule has 1 heterocycles. The highest BCUT2D eigenvalue weighted by Gasteiger charge is 2.20. The first kappa shape index (κ1) is 12.0. The van der Waals surface area contributed by atoms with E-state index in [-0.39, 0.29) is 12.3 Å². The van der Waals surface area contributed by atoms with Gasteiger partial charge < -0.3 is 10.0 Å². The molecule has 0 aliphatic carbocycles. The lowest BCUT2D eigenvalue weighted by atomic mass is 10.0. The van der Waals surface area contributed by atoms with E-state index in [4.69, 9.17) is 5.11 Å². The summed E-state index contributed by atoms with van der Waals surface area (Å²) in [6.45, 7) is 3.72. The lowest BCUT2D eigenvalue weighted by Crippen LogP contribution is -2.26. The van der Waals surface area contributed by atoms with Crippen molar-refractivity contribution >= 4 is 11.9 Å². The average molecular weight is 213 g/mol. The molecule has 0 spiro atoms. The van der Waals surface area contributed by atoms with Gasteiger partial charge in [-0.15, -0.1) is 0 Å². The zero-order chi connectivity index (χ0) is 11.3. The molecule has 86 valence electrons. The largest absolute Gasteiger partial charge is 0.481 e. The molecule has 0 radical (unpaired) electrons. The minimum absolute atomic E-state index is 0.231. The molecule has 0 saturated carbocycles. The van der Waals surface area contributed by atoms with Crippen molar-refractivity contribution in [2.45, 2.75) is 39.0 Å². The second-order valence-corrected chi connectivity index (χ2v) is 4.31. The van der Waals surface area contributed by atoms with Gasteiger partial charge in [0.25, 0.3) is 0 Å². The van der Waals surface area contributed by atoms with Crippen LogP contribution in [-0.4, -0.2) is 35.0 Å². The fourth-order valence-electron chi connectivity index (χ4n) is 1.83. The van der Waals surface area contributed by atoms with Gasteiger partial charge in [-0.3, -0.25) is 9.59 Å². The van der Waals surface area contributed by atoms with Gasteiger partial charge in [0.2, 0.25) is 5.91 Å². The molecule has 0 bridgehead atoms.